The van der Waals surface area contributed by atoms with Crippen LogP contribution in [0.15, 0.2) is 34.9 Å². The molecule has 0 saturated heterocycles. The monoisotopic (exact) mass is 258 g/mol. The molecule has 0 radical (unpaired) electrons. The largest absolute Gasteiger partial charge is 0.464 e. The van der Waals surface area contributed by atoms with Crippen molar-refractivity contribution in [1.82, 2.24) is 4.90 Å². The summed E-state index contributed by atoms with van der Waals surface area (Å²) in [5.74, 6) is 0.656. The van der Waals surface area contributed by atoms with E-state index in [1.54, 1.807) is 0 Å². The Morgan fingerprint density at radius 3 is 3.00 bits per heavy atom. The fourth-order valence-corrected chi connectivity index (χ4v) is 3.41. The van der Waals surface area contributed by atoms with E-state index in [1.807, 2.05) is 18.4 Å². The Labute approximate surface area is 114 Å². The Kier molecular flexibility index (Phi) is 3.58. The van der Waals surface area contributed by atoms with Gasteiger partial charge in [-0.3, -0.25) is 4.90 Å². The molecule has 1 aliphatic carbocycles. The Bertz CT molecular complexity index is 548. The van der Waals surface area contributed by atoms with Gasteiger partial charge in [-0.05, 0) is 38.4 Å². The topological polar surface area (TPSA) is 42.4 Å². The molecule has 1 saturated carbocycles. The molecular formula is C16H22N2O. The molecule has 1 aromatic carbocycles. The standard InChI is InChI=1S/C16H22N2O/c1-18(15-7-4-5-12(15)9-17)10-13-11-19-16-8-3-2-6-14(13)16/h2-3,6,8,11-12,15H,4-5,7,9-10,17H2,1H3. The SMILES string of the molecule is CN(Cc1coc2ccccc12)C1CCCC1CN. The summed E-state index contributed by atoms with van der Waals surface area (Å²) in [6, 6.07) is 8.87. The van der Waals surface area contributed by atoms with Crippen LogP contribution < -0.4 is 5.73 Å². The van der Waals surface area contributed by atoms with E-state index in [-0.39, 0.29) is 0 Å². The maximum absolute atomic E-state index is 5.88. The molecule has 19 heavy (non-hydrogen) atoms. The molecule has 1 aromatic heterocycles. The van der Waals surface area contributed by atoms with Crippen LogP contribution in [0.3, 0.4) is 0 Å². The van der Waals surface area contributed by atoms with E-state index in [9.17, 15) is 0 Å². The first-order valence-corrected chi connectivity index (χ1v) is 7.15. The van der Waals surface area contributed by atoms with Crippen LogP contribution in [0.25, 0.3) is 11.0 Å². The summed E-state index contributed by atoms with van der Waals surface area (Å²) < 4.78 is 5.61. The molecule has 0 amide bonds. The quantitative estimate of drug-likeness (QED) is 0.916. The van der Waals surface area contributed by atoms with Gasteiger partial charge >= 0.3 is 0 Å². The van der Waals surface area contributed by atoms with E-state index in [2.05, 4.69) is 24.1 Å². The molecule has 3 nitrogen and oxygen atoms in total. The first-order chi connectivity index (χ1) is 9.29. The highest BCUT2D eigenvalue weighted by Gasteiger charge is 2.29. The van der Waals surface area contributed by atoms with Crippen LogP contribution in [0.4, 0.5) is 0 Å². The lowest BCUT2D eigenvalue weighted by Crippen LogP contribution is -2.37. The minimum absolute atomic E-state index is 0.624. The second-order valence-corrected chi connectivity index (χ2v) is 5.67. The summed E-state index contributed by atoms with van der Waals surface area (Å²) in [4.78, 5) is 2.45. The maximum Gasteiger partial charge on any atom is 0.134 e. The van der Waals surface area contributed by atoms with Crippen LogP contribution in [0.5, 0.6) is 0 Å². The van der Waals surface area contributed by atoms with Gasteiger partial charge in [-0.1, -0.05) is 24.6 Å². The van der Waals surface area contributed by atoms with Crippen molar-refractivity contribution in [3.63, 3.8) is 0 Å². The van der Waals surface area contributed by atoms with Crippen LogP contribution >= 0.6 is 0 Å². The van der Waals surface area contributed by atoms with Gasteiger partial charge in [-0.2, -0.15) is 0 Å². The van der Waals surface area contributed by atoms with Crippen LogP contribution in [-0.4, -0.2) is 24.5 Å². The Hall–Kier alpha value is -1.32. The maximum atomic E-state index is 5.88. The van der Waals surface area contributed by atoms with Gasteiger partial charge in [0.15, 0.2) is 0 Å². The van der Waals surface area contributed by atoms with Gasteiger partial charge in [0.05, 0.1) is 6.26 Å². The molecule has 1 heterocycles. The summed E-state index contributed by atoms with van der Waals surface area (Å²) in [5, 5.41) is 1.23. The number of fused-ring (bicyclic) bond motifs is 1. The summed E-state index contributed by atoms with van der Waals surface area (Å²) >= 11 is 0. The third kappa shape index (κ3) is 2.40. The summed E-state index contributed by atoms with van der Waals surface area (Å²) in [6.07, 6.45) is 5.75. The van der Waals surface area contributed by atoms with E-state index < -0.39 is 0 Å². The minimum atomic E-state index is 0.624. The average molecular weight is 258 g/mol. The number of furan rings is 1. The van der Waals surface area contributed by atoms with Gasteiger partial charge in [-0.15, -0.1) is 0 Å². The Morgan fingerprint density at radius 1 is 1.32 bits per heavy atom. The lowest BCUT2D eigenvalue weighted by atomic mass is 10.0. The van der Waals surface area contributed by atoms with E-state index >= 15 is 0 Å². The molecule has 2 atom stereocenters. The smallest absolute Gasteiger partial charge is 0.134 e. The molecule has 3 heteroatoms. The molecule has 0 spiro atoms. The molecule has 2 unspecified atom stereocenters. The zero-order valence-electron chi connectivity index (χ0n) is 11.5. The van der Waals surface area contributed by atoms with Gasteiger partial charge in [0.1, 0.15) is 5.58 Å². The number of hydrogen-bond donors (Lipinski definition) is 1. The van der Waals surface area contributed by atoms with Crippen molar-refractivity contribution in [1.29, 1.82) is 0 Å². The van der Waals surface area contributed by atoms with E-state index in [0.717, 1.165) is 18.7 Å². The summed E-state index contributed by atoms with van der Waals surface area (Å²) in [6.45, 7) is 1.75. The minimum Gasteiger partial charge on any atom is -0.464 e. The second-order valence-electron chi connectivity index (χ2n) is 5.67. The van der Waals surface area contributed by atoms with Crippen molar-refractivity contribution in [2.75, 3.05) is 13.6 Å². The van der Waals surface area contributed by atoms with Gasteiger partial charge in [0, 0.05) is 23.5 Å². The number of para-hydroxylation sites is 1. The molecule has 3 rings (SSSR count). The number of nitrogens with zero attached hydrogens (tertiary/aromatic N) is 1. The number of nitrogens with two attached hydrogens (primary N) is 1. The van der Waals surface area contributed by atoms with Gasteiger partial charge in [-0.25, -0.2) is 0 Å². The van der Waals surface area contributed by atoms with Crippen molar-refractivity contribution >= 4 is 11.0 Å². The molecule has 1 fully saturated rings. The Balaban J connectivity index is 1.77. The molecule has 0 bridgehead atoms. The highest BCUT2D eigenvalue weighted by atomic mass is 16.3. The van der Waals surface area contributed by atoms with E-state index in [1.165, 1.54) is 30.2 Å². The molecule has 1 aliphatic rings. The first kappa shape index (κ1) is 12.7. The predicted molar refractivity (Wildman–Crippen MR) is 77.9 cm³/mol. The number of rotatable bonds is 4. The van der Waals surface area contributed by atoms with Crippen molar-refractivity contribution in [3.05, 3.63) is 36.1 Å². The van der Waals surface area contributed by atoms with Crippen molar-refractivity contribution < 1.29 is 4.42 Å². The fourth-order valence-electron chi connectivity index (χ4n) is 3.41. The first-order valence-electron chi connectivity index (χ1n) is 7.15. The normalized spacial score (nSPS) is 23.5. The third-order valence-corrected chi connectivity index (χ3v) is 4.47. The zero-order chi connectivity index (χ0) is 13.2. The summed E-state index contributed by atoms with van der Waals surface area (Å²) in [5.41, 5.74) is 8.14. The summed E-state index contributed by atoms with van der Waals surface area (Å²) in [7, 11) is 2.21. The fraction of sp³-hybridized carbons (Fsp3) is 0.500. The van der Waals surface area contributed by atoms with Crippen LogP contribution in [0, 0.1) is 5.92 Å². The zero-order valence-corrected chi connectivity index (χ0v) is 11.5. The predicted octanol–water partition coefficient (Wildman–Crippen LogP) is 2.99. The van der Waals surface area contributed by atoms with Gasteiger partial charge < -0.3 is 10.2 Å². The molecule has 2 N–H and O–H groups in total. The van der Waals surface area contributed by atoms with Crippen LogP contribution in [0.1, 0.15) is 24.8 Å². The molecule has 102 valence electrons. The van der Waals surface area contributed by atoms with Crippen LogP contribution in [0.2, 0.25) is 0 Å². The van der Waals surface area contributed by atoms with Crippen molar-refractivity contribution in [3.8, 4) is 0 Å². The van der Waals surface area contributed by atoms with Gasteiger partial charge in [0.2, 0.25) is 0 Å². The van der Waals surface area contributed by atoms with Crippen LogP contribution in [-0.2, 0) is 6.54 Å². The second kappa shape index (κ2) is 5.35. The van der Waals surface area contributed by atoms with Crippen molar-refractivity contribution in [2.45, 2.75) is 31.8 Å². The molecular weight excluding hydrogens is 236 g/mol. The average Bonchev–Trinajstić information content (AvgIpc) is 3.05. The van der Waals surface area contributed by atoms with Gasteiger partial charge in [0.25, 0.3) is 0 Å². The Morgan fingerprint density at radius 2 is 2.16 bits per heavy atom. The van der Waals surface area contributed by atoms with Crippen molar-refractivity contribution in [2.24, 2.45) is 11.7 Å². The third-order valence-electron chi connectivity index (χ3n) is 4.47. The number of benzene rings is 1. The highest BCUT2D eigenvalue weighted by molar-refractivity contribution is 5.80. The van der Waals surface area contributed by atoms with E-state index in [4.69, 9.17) is 10.2 Å². The lowest BCUT2D eigenvalue weighted by Gasteiger charge is -2.28. The van der Waals surface area contributed by atoms with E-state index in [0.29, 0.717) is 12.0 Å². The molecule has 2 aromatic rings. The number of hydrogen-bond acceptors (Lipinski definition) is 3. The highest BCUT2D eigenvalue weighted by Crippen LogP contribution is 2.30. The lowest BCUT2D eigenvalue weighted by molar-refractivity contribution is 0.193. The molecule has 0 aliphatic heterocycles.